The van der Waals surface area contributed by atoms with Crippen molar-refractivity contribution in [2.45, 2.75) is 32.1 Å². The summed E-state index contributed by atoms with van der Waals surface area (Å²) in [6, 6.07) is 5.62. The van der Waals surface area contributed by atoms with Crippen molar-refractivity contribution in [2.75, 3.05) is 13.1 Å². The first-order chi connectivity index (χ1) is 7.31. The van der Waals surface area contributed by atoms with Gasteiger partial charge in [-0.25, -0.2) is 4.39 Å². The third kappa shape index (κ3) is 2.37. The van der Waals surface area contributed by atoms with Gasteiger partial charge in [-0.3, -0.25) is 0 Å². The summed E-state index contributed by atoms with van der Waals surface area (Å²) < 4.78 is 13.3. The molecule has 0 bridgehead atoms. The molecule has 0 aliphatic carbocycles. The summed E-state index contributed by atoms with van der Waals surface area (Å²) in [4.78, 5) is 0. The fourth-order valence-electron chi connectivity index (χ4n) is 2.27. The van der Waals surface area contributed by atoms with Crippen LogP contribution in [0.4, 0.5) is 4.39 Å². The van der Waals surface area contributed by atoms with Crippen LogP contribution in [0.5, 0.6) is 0 Å². The molecule has 2 rings (SSSR count). The minimum atomic E-state index is -0.0600. The van der Waals surface area contributed by atoms with Gasteiger partial charge in [-0.1, -0.05) is 19.1 Å². The van der Waals surface area contributed by atoms with E-state index in [4.69, 9.17) is 0 Å². The van der Waals surface area contributed by atoms with Crippen molar-refractivity contribution in [1.82, 2.24) is 5.32 Å². The van der Waals surface area contributed by atoms with Crippen molar-refractivity contribution in [1.29, 1.82) is 0 Å². The summed E-state index contributed by atoms with van der Waals surface area (Å²) in [5.74, 6) is 0.562. The molecule has 0 spiro atoms. The third-order valence-electron chi connectivity index (χ3n) is 3.26. The highest BCUT2D eigenvalue weighted by atomic mass is 19.1. The van der Waals surface area contributed by atoms with Crippen molar-refractivity contribution in [3.63, 3.8) is 0 Å². The van der Waals surface area contributed by atoms with E-state index < -0.39 is 0 Å². The predicted molar refractivity (Wildman–Crippen MR) is 60.6 cm³/mol. The highest BCUT2D eigenvalue weighted by Crippen LogP contribution is 2.26. The first-order valence-electron chi connectivity index (χ1n) is 5.80. The largest absolute Gasteiger partial charge is 0.317 e. The maximum absolute atomic E-state index is 13.3. The van der Waals surface area contributed by atoms with Gasteiger partial charge in [0.05, 0.1) is 0 Å². The van der Waals surface area contributed by atoms with Crippen molar-refractivity contribution in [3.05, 3.63) is 35.1 Å². The molecule has 1 aliphatic heterocycles. The van der Waals surface area contributed by atoms with Crippen molar-refractivity contribution >= 4 is 0 Å². The zero-order valence-electron chi connectivity index (χ0n) is 9.22. The maximum atomic E-state index is 13.3. The third-order valence-corrected chi connectivity index (χ3v) is 3.26. The van der Waals surface area contributed by atoms with Gasteiger partial charge < -0.3 is 5.32 Å². The van der Waals surface area contributed by atoms with Crippen LogP contribution in [-0.2, 0) is 6.42 Å². The summed E-state index contributed by atoms with van der Waals surface area (Å²) in [5.41, 5.74) is 2.17. The first-order valence-corrected chi connectivity index (χ1v) is 5.80. The van der Waals surface area contributed by atoms with Gasteiger partial charge >= 0.3 is 0 Å². The molecule has 1 heterocycles. The average molecular weight is 207 g/mol. The standard InChI is InChI=1S/C13H18FN/c1-2-10-9-12(3-4-13(10)14)11-5-7-15-8-6-11/h3-4,9,11,15H,2,5-8H2,1H3. The van der Waals surface area contributed by atoms with E-state index in [0.717, 1.165) is 25.1 Å². The quantitative estimate of drug-likeness (QED) is 0.786. The molecule has 1 aromatic carbocycles. The Morgan fingerprint density at radius 3 is 2.73 bits per heavy atom. The van der Waals surface area contributed by atoms with E-state index in [1.807, 2.05) is 19.1 Å². The molecule has 2 heteroatoms. The second-order valence-electron chi connectivity index (χ2n) is 4.23. The topological polar surface area (TPSA) is 12.0 Å². The Bertz CT molecular complexity index is 329. The van der Waals surface area contributed by atoms with Crippen LogP contribution >= 0.6 is 0 Å². The van der Waals surface area contributed by atoms with Gasteiger partial charge in [0.25, 0.3) is 0 Å². The molecule has 0 atom stereocenters. The molecule has 1 nitrogen and oxygen atoms in total. The number of aryl methyl sites for hydroxylation is 1. The molecule has 0 saturated carbocycles. The molecule has 1 saturated heterocycles. The van der Waals surface area contributed by atoms with Crippen molar-refractivity contribution < 1.29 is 4.39 Å². The molecule has 82 valence electrons. The highest BCUT2D eigenvalue weighted by Gasteiger charge is 2.15. The highest BCUT2D eigenvalue weighted by molar-refractivity contribution is 5.28. The summed E-state index contributed by atoms with van der Waals surface area (Å²) >= 11 is 0. The van der Waals surface area contributed by atoms with Crippen LogP contribution in [-0.4, -0.2) is 13.1 Å². The van der Waals surface area contributed by atoms with Crippen LogP contribution in [0, 0.1) is 5.82 Å². The monoisotopic (exact) mass is 207 g/mol. The Balaban J connectivity index is 2.20. The zero-order valence-corrected chi connectivity index (χ0v) is 9.22. The Morgan fingerprint density at radius 1 is 1.33 bits per heavy atom. The minimum Gasteiger partial charge on any atom is -0.317 e. The van der Waals surface area contributed by atoms with E-state index in [2.05, 4.69) is 5.32 Å². The molecular formula is C13H18FN. The van der Waals surface area contributed by atoms with Crippen LogP contribution in [0.3, 0.4) is 0 Å². The lowest BCUT2D eigenvalue weighted by atomic mass is 9.89. The summed E-state index contributed by atoms with van der Waals surface area (Å²) in [6.07, 6.45) is 3.13. The van der Waals surface area contributed by atoms with Crippen molar-refractivity contribution in [3.8, 4) is 0 Å². The number of hydrogen-bond donors (Lipinski definition) is 1. The molecule has 1 fully saturated rings. The number of benzene rings is 1. The lowest BCUT2D eigenvalue weighted by Gasteiger charge is -2.23. The van der Waals surface area contributed by atoms with Crippen molar-refractivity contribution in [2.24, 2.45) is 0 Å². The predicted octanol–water partition coefficient (Wildman–Crippen LogP) is 2.86. The number of rotatable bonds is 2. The Hall–Kier alpha value is -0.890. The van der Waals surface area contributed by atoms with Crippen LogP contribution < -0.4 is 5.32 Å². The number of hydrogen-bond acceptors (Lipinski definition) is 1. The average Bonchev–Trinajstić information content (AvgIpc) is 2.31. The molecule has 1 N–H and O–H groups in total. The van der Waals surface area contributed by atoms with Crippen LogP contribution in [0.1, 0.15) is 36.8 Å². The van der Waals surface area contributed by atoms with E-state index in [1.54, 1.807) is 6.07 Å². The molecule has 1 aromatic rings. The smallest absolute Gasteiger partial charge is 0.126 e. The van der Waals surface area contributed by atoms with Gasteiger partial charge in [-0.05, 0) is 55.5 Å². The molecule has 0 radical (unpaired) electrons. The van der Waals surface area contributed by atoms with Gasteiger partial charge in [0.2, 0.25) is 0 Å². The lowest BCUT2D eigenvalue weighted by molar-refractivity contribution is 0.459. The Kier molecular flexibility index (Phi) is 3.37. The van der Waals surface area contributed by atoms with E-state index in [-0.39, 0.29) is 5.82 Å². The van der Waals surface area contributed by atoms with Crippen LogP contribution in [0.15, 0.2) is 18.2 Å². The van der Waals surface area contributed by atoms with E-state index in [9.17, 15) is 4.39 Å². The van der Waals surface area contributed by atoms with E-state index in [1.165, 1.54) is 18.4 Å². The van der Waals surface area contributed by atoms with Gasteiger partial charge in [0.15, 0.2) is 0 Å². The van der Waals surface area contributed by atoms with Crippen LogP contribution in [0.2, 0.25) is 0 Å². The molecule has 0 aromatic heterocycles. The SMILES string of the molecule is CCc1cc(C2CCNCC2)ccc1F. The van der Waals surface area contributed by atoms with Gasteiger partial charge in [-0.2, -0.15) is 0 Å². The summed E-state index contributed by atoms with van der Waals surface area (Å²) in [7, 11) is 0. The molecule has 0 amide bonds. The Labute approximate surface area is 90.7 Å². The van der Waals surface area contributed by atoms with Gasteiger partial charge in [-0.15, -0.1) is 0 Å². The fraction of sp³-hybridized carbons (Fsp3) is 0.538. The fourth-order valence-corrected chi connectivity index (χ4v) is 2.27. The Morgan fingerprint density at radius 2 is 2.07 bits per heavy atom. The van der Waals surface area contributed by atoms with E-state index >= 15 is 0 Å². The summed E-state index contributed by atoms with van der Waals surface area (Å²) in [5, 5.41) is 3.35. The number of halogens is 1. The lowest BCUT2D eigenvalue weighted by Crippen LogP contribution is -2.26. The van der Waals surface area contributed by atoms with Crippen LogP contribution in [0.25, 0.3) is 0 Å². The second kappa shape index (κ2) is 4.75. The van der Waals surface area contributed by atoms with Gasteiger partial charge in [0.1, 0.15) is 5.82 Å². The first kappa shape index (κ1) is 10.6. The molecule has 15 heavy (non-hydrogen) atoms. The van der Waals surface area contributed by atoms with E-state index in [0.29, 0.717) is 5.92 Å². The maximum Gasteiger partial charge on any atom is 0.126 e. The molecule has 1 aliphatic rings. The molecule has 0 unspecified atom stereocenters. The summed E-state index contributed by atoms with van der Waals surface area (Å²) in [6.45, 7) is 4.18. The van der Waals surface area contributed by atoms with Gasteiger partial charge in [0, 0.05) is 0 Å². The second-order valence-corrected chi connectivity index (χ2v) is 4.23. The normalized spacial score (nSPS) is 18.0. The minimum absolute atomic E-state index is 0.0600. The molecular weight excluding hydrogens is 189 g/mol. The number of nitrogens with one attached hydrogen (secondary N) is 1. The zero-order chi connectivity index (χ0) is 10.7. The number of piperidine rings is 1.